The first-order chi connectivity index (χ1) is 8.54. The van der Waals surface area contributed by atoms with Crippen molar-refractivity contribution < 1.29 is 0 Å². The van der Waals surface area contributed by atoms with Gasteiger partial charge in [-0.2, -0.15) is 5.10 Å². The van der Waals surface area contributed by atoms with E-state index in [1.165, 1.54) is 5.56 Å². The smallest absolute Gasteiger partial charge is 0.160 e. The van der Waals surface area contributed by atoms with Crippen LogP contribution in [0, 0.1) is 0 Å². The van der Waals surface area contributed by atoms with E-state index in [1.807, 2.05) is 24.3 Å². The lowest BCUT2D eigenvalue weighted by atomic mass is 9.84. The number of nitrogens with one attached hydrogen (secondary N) is 1. The molecule has 18 heavy (non-hydrogen) atoms. The summed E-state index contributed by atoms with van der Waals surface area (Å²) in [6.45, 7) is 6.38. The van der Waals surface area contributed by atoms with Crippen molar-refractivity contribution in [2.75, 3.05) is 5.73 Å². The minimum atomic E-state index is -0.212. The molecule has 0 aliphatic carbocycles. The molecule has 0 amide bonds. The second-order valence-electron chi connectivity index (χ2n) is 5.10. The van der Waals surface area contributed by atoms with E-state index in [9.17, 15) is 0 Å². The highest BCUT2D eigenvalue weighted by Gasteiger charge is 2.27. The van der Waals surface area contributed by atoms with Gasteiger partial charge in [-0.15, -0.1) is 0 Å². The molecular formula is C14H20N4. The summed E-state index contributed by atoms with van der Waals surface area (Å²) in [5.74, 6) is 1.78. The van der Waals surface area contributed by atoms with Gasteiger partial charge in [0, 0.05) is 12.1 Å². The second kappa shape index (κ2) is 4.80. The molecule has 0 atom stereocenters. The van der Waals surface area contributed by atoms with E-state index < -0.39 is 0 Å². The van der Waals surface area contributed by atoms with Gasteiger partial charge in [-0.3, -0.25) is 5.10 Å². The number of aromatic amines is 1. The Labute approximate surface area is 108 Å². The Morgan fingerprint density at radius 1 is 1.22 bits per heavy atom. The van der Waals surface area contributed by atoms with Gasteiger partial charge in [0.15, 0.2) is 5.82 Å². The van der Waals surface area contributed by atoms with Crippen molar-refractivity contribution in [2.24, 2.45) is 0 Å². The highest BCUT2D eigenvalue weighted by molar-refractivity contribution is 5.42. The number of nitrogen functional groups attached to an aromatic ring is 1. The lowest BCUT2D eigenvalue weighted by molar-refractivity contribution is 0.593. The number of anilines is 1. The molecule has 0 aliphatic rings. The predicted octanol–water partition coefficient (Wildman–Crippen LogP) is 2.67. The van der Waals surface area contributed by atoms with Gasteiger partial charge >= 0.3 is 0 Å². The van der Waals surface area contributed by atoms with E-state index in [0.29, 0.717) is 0 Å². The first kappa shape index (κ1) is 12.6. The third-order valence-corrected chi connectivity index (χ3v) is 3.21. The van der Waals surface area contributed by atoms with Crippen LogP contribution in [0.2, 0.25) is 0 Å². The van der Waals surface area contributed by atoms with Crippen molar-refractivity contribution in [3.8, 4) is 0 Å². The Morgan fingerprint density at radius 2 is 1.89 bits per heavy atom. The molecule has 2 rings (SSSR count). The van der Waals surface area contributed by atoms with E-state index in [-0.39, 0.29) is 5.41 Å². The number of H-pyrrole nitrogens is 1. The van der Waals surface area contributed by atoms with E-state index in [4.69, 9.17) is 5.73 Å². The van der Waals surface area contributed by atoms with Crippen LogP contribution < -0.4 is 5.73 Å². The van der Waals surface area contributed by atoms with Crippen LogP contribution in [0.3, 0.4) is 0 Å². The summed E-state index contributed by atoms with van der Waals surface area (Å²) in [5.41, 5.74) is 7.44. The first-order valence-corrected chi connectivity index (χ1v) is 6.32. The highest BCUT2D eigenvalue weighted by atomic mass is 15.2. The summed E-state index contributed by atoms with van der Waals surface area (Å²) >= 11 is 0. The highest BCUT2D eigenvalue weighted by Crippen LogP contribution is 2.29. The molecule has 3 N–H and O–H groups in total. The Bertz CT molecular complexity index is 511. The Kier molecular flexibility index (Phi) is 3.36. The zero-order chi connectivity index (χ0) is 13.2. The minimum absolute atomic E-state index is 0.212. The average Bonchev–Trinajstić information content (AvgIpc) is 2.79. The first-order valence-electron chi connectivity index (χ1n) is 6.32. The summed E-state index contributed by atoms with van der Waals surface area (Å²) in [7, 11) is 0. The van der Waals surface area contributed by atoms with Gasteiger partial charge in [0.1, 0.15) is 5.82 Å². The summed E-state index contributed by atoms with van der Waals surface area (Å²) in [4.78, 5) is 4.57. The third kappa shape index (κ3) is 2.37. The zero-order valence-corrected chi connectivity index (χ0v) is 11.2. The monoisotopic (exact) mass is 244 g/mol. The molecule has 0 bridgehead atoms. The van der Waals surface area contributed by atoms with Crippen LogP contribution in [0.25, 0.3) is 0 Å². The number of hydrogen-bond donors (Lipinski definition) is 2. The largest absolute Gasteiger partial charge is 0.399 e. The molecule has 0 spiro atoms. The van der Waals surface area contributed by atoms with Crippen molar-refractivity contribution in [1.82, 2.24) is 15.2 Å². The Balaban J connectivity index is 2.31. The molecular weight excluding hydrogens is 224 g/mol. The van der Waals surface area contributed by atoms with E-state index in [0.717, 1.165) is 30.2 Å². The standard InChI is InChI=1S/C14H20N4/c1-4-5-12-16-13(18-17-12)14(2,3)10-6-8-11(15)9-7-10/h6-9H,4-5,15H2,1-3H3,(H,16,17,18). The number of nitrogens with zero attached hydrogens (tertiary/aromatic N) is 2. The maximum Gasteiger partial charge on any atom is 0.160 e. The summed E-state index contributed by atoms with van der Waals surface area (Å²) in [6, 6.07) is 7.89. The minimum Gasteiger partial charge on any atom is -0.399 e. The lowest BCUT2D eigenvalue weighted by Gasteiger charge is -2.21. The van der Waals surface area contributed by atoms with Gasteiger partial charge in [0.05, 0.1) is 5.41 Å². The molecule has 2 aromatic rings. The van der Waals surface area contributed by atoms with Crippen LogP contribution >= 0.6 is 0 Å². The van der Waals surface area contributed by atoms with Gasteiger partial charge < -0.3 is 5.73 Å². The number of aromatic nitrogens is 3. The molecule has 0 saturated carbocycles. The average molecular weight is 244 g/mol. The van der Waals surface area contributed by atoms with E-state index in [2.05, 4.69) is 36.0 Å². The number of nitrogens with two attached hydrogens (primary N) is 1. The third-order valence-electron chi connectivity index (χ3n) is 3.21. The molecule has 1 aromatic carbocycles. The van der Waals surface area contributed by atoms with Gasteiger partial charge in [0.2, 0.25) is 0 Å². The fourth-order valence-corrected chi connectivity index (χ4v) is 1.95. The molecule has 1 aromatic heterocycles. The van der Waals surface area contributed by atoms with Gasteiger partial charge in [-0.1, -0.05) is 19.1 Å². The fraction of sp³-hybridized carbons (Fsp3) is 0.429. The number of rotatable bonds is 4. The molecule has 4 nitrogen and oxygen atoms in total. The van der Waals surface area contributed by atoms with E-state index >= 15 is 0 Å². The molecule has 0 radical (unpaired) electrons. The summed E-state index contributed by atoms with van der Waals surface area (Å²) < 4.78 is 0. The summed E-state index contributed by atoms with van der Waals surface area (Å²) in [6.07, 6.45) is 2.00. The van der Waals surface area contributed by atoms with Crippen molar-refractivity contribution >= 4 is 5.69 Å². The van der Waals surface area contributed by atoms with E-state index in [1.54, 1.807) is 0 Å². The van der Waals surface area contributed by atoms with Gasteiger partial charge in [0.25, 0.3) is 0 Å². The number of hydrogen-bond acceptors (Lipinski definition) is 3. The molecule has 0 fully saturated rings. The Morgan fingerprint density at radius 3 is 2.50 bits per heavy atom. The quantitative estimate of drug-likeness (QED) is 0.812. The summed E-state index contributed by atoms with van der Waals surface area (Å²) in [5, 5.41) is 7.35. The van der Waals surface area contributed by atoms with Crippen LogP contribution in [0.1, 0.15) is 44.4 Å². The fourth-order valence-electron chi connectivity index (χ4n) is 1.95. The molecule has 1 heterocycles. The molecule has 0 unspecified atom stereocenters. The topological polar surface area (TPSA) is 67.6 Å². The van der Waals surface area contributed by atoms with Gasteiger partial charge in [-0.25, -0.2) is 4.98 Å². The van der Waals surface area contributed by atoms with Crippen molar-refractivity contribution in [2.45, 2.75) is 39.0 Å². The number of benzene rings is 1. The van der Waals surface area contributed by atoms with Crippen molar-refractivity contribution in [3.05, 3.63) is 41.5 Å². The maximum atomic E-state index is 5.71. The lowest BCUT2D eigenvalue weighted by Crippen LogP contribution is -2.20. The molecule has 0 saturated heterocycles. The zero-order valence-electron chi connectivity index (χ0n) is 11.2. The maximum absolute atomic E-state index is 5.71. The van der Waals surface area contributed by atoms with Crippen molar-refractivity contribution in [3.63, 3.8) is 0 Å². The van der Waals surface area contributed by atoms with Gasteiger partial charge in [-0.05, 0) is 38.0 Å². The Hall–Kier alpha value is -1.84. The van der Waals surface area contributed by atoms with Crippen LogP contribution in [0.5, 0.6) is 0 Å². The number of aryl methyl sites for hydroxylation is 1. The van der Waals surface area contributed by atoms with Crippen LogP contribution in [-0.4, -0.2) is 15.2 Å². The van der Waals surface area contributed by atoms with Crippen LogP contribution in [0.4, 0.5) is 5.69 Å². The molecule has 0 aliphatic heterocycles. The molecule has 96 valence electrons. The van der Waals surface area contributed by atoms with Crippen molar-refractivity contribution in [1.29, 1.82) is 0 Å². The van der Waals surface area contributed by atoms with Crippen LogP contribution in [-0.2, 0) is 11.8 Å². The second-order valence-corrected chi connectivity index (χ2v) is 5.10. The SMILES string of the molecule is CCCc1nc(C(C)(C)c2ccc(N)cc2)n[nH]1. The normalized spacial score (nSPS) is 11.7. The predicted molar refractivity (Wildman–Crippen MR) is 73.4 cm³/mol. The van der Waals surface area contributed by atoms with Crippen LogP contribution in [0.15, 0.2) is 24.3 Å². The molecule has 4 heteroatoms.